The van der Waals surface area contributed by atoms with Gasteiger partial charge >= 0.3 is 5.97 Å². The molecule has 0 aliphatic rings. The van der Waals surface area contributed by atoms with Gasteiger partial charge in [-0.2, -0.15) is 0 Å². The molecule has 0 saturated carbocycles. The molecule has 2 aromatic carbocycles. The van der Waals surface area contributed by atoms with Gasteiger partial charge in [0.1, 0.15) is 5.75 Å². The average Bonchev–Trinajstić information content (AvgIpc) is 2.97. The first kappa shape index (κ1) is 13.9. The summed E-state index contributed by atoms with van der Waals surface area (Å²) >= 11 is 0. The Morgan fingerprint density at radius 3 is 2.82 bits per heavy atom. The quantitative estimate of drug-likeness (QED) is 0.745. The molecule has 6 nitrogen and oxygen atoms in total. The summed E-state index contributed by atoms with van der Waals surface area (Å²) in [5.41, 5.74) is 6.26. The van der Waals surface area contributed by atoms with Crippen LogP contribution in [0.5, 0.6) is 5.75 Å². The van der Waals surface area contributed by atoms with E-state index in [1.54, 1.807) is 6.07 Å². The van der Waals surface area contributed by atoms with Gasteiger partial charge in [0, 0.05) is 0 Å². The van der Waals surface area contributed by atoms with Crippen LogP contribution in [-0.4, -0.2) is 24.7 Å². The molecule has 0 unspecified atom stereocenters. The number of nitrogen functional groups attached to an aromatic ring is 1. The molecule has 1 heterocycles. The van der Waals surface area contributed by atoms with E-state index in [9.17, 15) is 4.79 Å². The van der Waals surface area contributed by atoms with E-state index in [1.807, 2.05) is 30.3 Å². The first-order valence-corrected chi connectivity index (χ1v) is 6.62. The highest BCUT2D eigenvalue weighted by Gasteiger charge is 2.16. The monoisotopic (exact) mass is 298 g/mol. The summed E-state index contributed by atoms with van der Waals surface area (Å²) in [7, 11) is 1.31. The molecule has 0 spiro atoms. The Morgan fingerprint density at radius 1 is 1.27 bits per heavy atom. The van der Waals surface area contributed by atoms with Crippen LogP contribution in [-0.2, 0) is 9.53 Å². The number of nitrogens with zero attached hydrogens (tertiary/aromatic N) is 1. The topological polar surface area (TPSA) is 87.6 Å². The maximum atomic E-state index is 11.3. The normalized spacial score (nSPS) is 10.6. The molecule has 2 N–H and O–H groups in total. The van der Waals surface area contributed by atoms with Crippen LogP contribution in [0.2, 0.25) is 0 Å². The van der Waals surface area contributed by atoms with Crippen molar-refractivity contribution in [3.8, 4) is 17.1 Å². The number of oxazole rings is 1. The summed E-state index contributed by atoms with van der Waals surface area (Å²) in [5.74, 6) is 0.519. The third-order valence-electron chi connectivity index (χ3n) is 3.23. The molecule has 0 bridgehead atoms. The van der Waals surface area contributed by atoms with E-state index >= 15 is 0 Å². The molecule has 0 atom stereocenters. The molecule has 0 aliphatic carbocycles. The number of carbonyl (C=O) groups excluding carboxylic acids is 1. The van der Waals surface area contributed by atoms with Gasteiger partial charge < -0.3 is 19.6 Å². The Hall–Kier alpha value is -3.02. The largest absolute Gasteiger partial charge is 0.481 e. The minimum absolute atomic E-state index is 0.0712. The van der Waals surface area contributed by atoms with Crippen molar-refractivity contribution in [2.75, 3.05) is 19.5 Å². The predicted octanol–water partition coefficient (Wildman–Crippen LogP) is 2.63. The number of aromatic nitrogens is 1. The summed E-state index contributed by atoms with van der Waals surface area (Å²) in [6.07, 6.45) is 1.53. The Balaban J connectivity index is 2.12. The van der Waals surface area contributed by atoms with Gasteiger partial charge in [0.15, 0.2) is 12.4 Å². The van der Waals surface area contributed by atoms with E-state index in [4.69, 9.17) is 14.9 Å². The fourth-order valence-electron chi connectivity index (χ4n) is 2.22. The fraction of sp³-hybridized carbons (Fsp3) is 0.125. The molecule has 112 valence electrons. The van der Waals surface area contributed by atoms with Crippen LogP contribution < -0.4 is 10.5 Å². The second kappa shape index (κ2) is 5.77. The standard InChI is InChI=1S/C16H14N2O4/c1-20-14(19)9-21-12-7-6-10-4-2-3-5-11(10)15(12)13-8-18-16(17)22-13/h2-8H,9H2,1H3,(H2,17,18). The Kier molecular flexibility index (Phi) is 3.65. The Morgan fingerprint density at radius 2 is 2.09 bits per heavy atom. The summed E-state index contributed by atoms with van der Waals surface area (Å²) < 4.78 is 15.6. The van der Waals surface area contributed by atoms with Crippen molar-refractivity contribution in [3.05, 3.63) is 42.6 Å². The number of carbonyl (C=O) groups is 1. The predicted molar refractivity (Wildman–Crippen MR) is 81.4 cm³/mol. The molecule has 0 amide bonds. The average molecular weight is 298 g/mol. The minimum atomic E-state index is -0.462. The van der Waals surface area contributed by atoms with Crippen molar-refractivity contribution in [2.24, 2.45) is 0 Å². The van der Waals surface area contributed by atoms with Gasteiger partial charge in [-0.15, -0.1) is 0 Å². The third-order valence-corrected chi connectivity index (χ3v) is 3.23. The SMILES string of the molecule is COC(=O)COc1ccc2ccccc2c1-c1cnc(N)o1. The molecular weight excluding hydrogens is 284 g/mol. The second-order valence-electron chi connectivity index (χ2n) is 4.59. The summed E-state index contributed by atoms with van der Waals surface area (Å²) in [5, 5.41) is 1.93. The number of esters is 1. The van der Waals surface area contributed by atoms with Crippen molar-refractivity contribution in [1.82, 2.24) is 4.98 Å². The van der Waals surface area contributed by atoms with Gasteiger partial charge in [0.05, 0.1) is 18.9 Å². The van der Waals surface area contributed by atoms with Crippen LogP contribution >= 0.6 is 0 Å². The highest BCUT2D eigenvalue weighted by Crippen LogP contribution is 2.37. The molecule has 22 heavy (non-hydrogen) atoms. The van der Waals surface area contributed by atoms with E-state index in [2.05, 4.69) is 9.72 Å². The molecule has 0 saturated heterocycles. The highest BCUT2D eigenvalue weighted by atomic mass is 16.6. The van der Waals surface area contributed by atoms with Crippen molar-refractivity contribution in [3.63, 3.8) is 0 Å². The number of anilines is 1. The van der Waals surface area contributed by atoms with E-state index in [0.717, 1.165) is 10.8 Å². The molecule has 0 aliphatic heterocycles. The molecule has 6 heteroatoms. The van der Waals surface area contributed by atoms with Crippen LogP contribution in [0, 0.1) is 0 Å². The fourth-order valence-corrected chi connectivity index (χ4v) is 2.22. The number of benzene rings is 2. The second-order valence-corrected chi connectivity index (χ2v) is 4.59. The van der Waals surface area contributed by atoms with E-state index in [0.29, 0.717) is 17.1 Å². The number of methoxy groups -OCH3 is 1. The molecule has 3 aromatic rings. The van der Waals surface area contributed by atoms with Crippen LogP contribution in [0.25, 0.3) is 22.1 Å². The lowest BCUT2D eigenvalue weighted by Crippen LogP contribution is -2.13. The minimum Gasteiger partial charge on any atom is -0.481 e. The number of fused-ring (bicyclic) bond motifs is 1. The van der Waals surface area contributed by atoms with Crippen LogP contribution in [0.4, 0.5) is 6.01 Å². The van der Waals surface area contributed by atoms with Crippen LogP contribution in [0.1, 0.15) is 0 Å². The van der Waals surface area contributed by atoms with Crippen molar-refractivity contribution in [2.45, 2.75) is 0 Å². The maximum Gasteiger partial charge on any atom is 0.343 e. The summed E-state index contributed by atoms with van der Waals surface area (Å²) in [4.78, 5) is 15.2. The summed E-state index contributed by atoms with van der Waals surface area (Å²) in [6, 6.07) is 11.5. The van der Waals surface area contributed by atoms with Crippen molar-refractivity contribution >= 4 is 22.8 Å². The zero-order valence-corrected chi connectivity index (χ0v) is 11.9. The Bertz CT molecular complexity index is 826. The van der Waals surface area contributed by atoms with Crippen LogP contribution in [0.15, 0.2) is 47.0 Å². The summed E-state index contributed by atoms with van der Waals surface area (Å²) in [6.45, 7) is -0.189. The van der Waals surface area contributed by atoms with Gasteiger partial charge in [0.25, 0.3) is 6.01 Å². The maximum absolute atomic E-state index is 11.3. The zero-order chi connectivity index (χ0) is 15.5. The number of hydrogen-bond acceptors (Lipinski definition) is 6. The van der Waals surface area contributed by atoms with Gasteiger partial charge in [-0.3, -0.25) is 0 Å². The number of hydrogen-bond donors (Lipinski definition) is 1. The molecular formula is C16H14N2O4. The van der Waals surface area contributed by atoms with Crippen LogP contribution in [0.3, 0.4) is 0 Å². The lowest BCUT2D eigenvalue weighted by molar-refractivity contribution is -0.142. The highest BCUT2D eigenvalue weighted by molar-refractivity contribution is 5.98. The van der Waals surface area contributed by atoms with Gasteiger partial charge in [-0.1, -0.05) is 30.3 Å². The lowest BCUT2D eigenvalue weighted by Gasteiger charge is -2.11. The first-order valence-electron chi connectivity index (χ1n) is 6.62. The zero-order valence-electron chi connectivity index (χ0n) is 11.9. The van der Waals surface area contributed by atoms with Gasteiger partial charge in [0.2, 0.25) is 0 Å². The molecule has 0 fully saturated rings. The lowest BCUT2D eigenvalue weighted by atomic mass is 10.0. The Labute approximate surface area is 126 Å². The number of nitrogens with two attached hydrogens (primary N) is 1. The van der Waals surface area contributed by atoms with Crippen molar-refractivity contribution in [1.29, 1.82) is 0 Å². The third kappa shape index (κ3) is 2.58. The number of ether oxygens (including phenoxy) is 2. The van der Waals surface area contributed by atoms with E-state index in [-0.39, 0.29) is 12.6 Å². The van der Waals surface area contributed by atoms with E-state index in [1.165, 1.54) is 13.3 Å². The molecule has 3 rings (SSSR count). The number of rotatable bonds is 4. The molecule has 1 aromatic heterocycles. The van der Waals surface area contributed by atoms with Crippen molar-refractivity contribution < 1.29 is 18.7 Å². The smallest absolute Gasteiger partial charge is 0.343 e. The van der Waals surface area contributed by atoms with E-state index < -0.39 is 5.97 Å². The molecule has 0 radical (unpaired) electrons. The van der Waals surface area contributed by atoms with Gasteiger partial charge in [-0.25, -0.2) is 9.78 Å². The van der Waals surface area contributed by atoms with Gasteiger partial charge in [-0.05, 0) is 16.8 Å². The first-order chi connectivity index (χ1) is 10.7.